The lowest BCUT2D eigenvalue weighted by Gasteiger charge is -2.14. The Kier molecular flexibility index (Phi) is 10.4. The van der Waals surface area contributed by atoms with Gasteiger partial charge in [-0.05, 0) is 96.8 Å². The van der Waals surface area contributed by atoms with Gasteiger partial charge in [0.15, 0.2) is 5.84 Å². The zero-order valence-electron chi connectivity index (χ0n) is 28.7. The summed E-state index contributed by atoms with van der Waals surface area (Å²) in [4.78, 5) is 14.7. The highest BCUT2D eigenvalue weighted by Gasteiger charge is 2.13. The number of nitrogens with two attached hydrogens (primary N) is 1. The van der Waals surface area contributed by atoms with E-state index in [1.54, 1.807) is 0 Å². The Balaban J connectivity index is 1.49. The van der Waals surface area contributed by atoms with E-state index in [1.165, 1.54) is 5.56 Å². The van der Waals surface area contributed by atoms with Crippen LogP contribution in [0, 0.1) is 13.8 Å². The van der Waals surface area contributed by atoms with Crippen molar-refractivity contribution in [1.82, 2.24) is 5.32 Å². The van der Waals surface area contributed by atoms with Gasteiger partial charge in [-0.15, -0.1) is 0 Å². The molecule has 0 atom stereocenters. The lowest BCUT2D eigenvalue weighted by molar-refractivity contribution is 1.06. The Hall–Kier alpha value is -5.81. The number of nitrogens with zero attached hydrogens (tertiary/aromatic N) is 3. The van der Waals surface area contributed by atoms with Crippen LogP contribution in [0.25, 0.3) is 33.6 Å². The lowest BCUT2D eigenvalue weighted by atomic mass is 9.94. The largest absolute Gasteiger partial charge is 0.388 e. The van der Waals surface area contributed by atoms with Gasteiger partial charge in [-0.3, -0.25) is 9.98 Å². The van der Waals surface area contributed by atoms with E-state index in [9.17, 15) is 0 Å². The highest BCUT2D eigenvalue weighted by molar-refractivity contribution is 6.11. The third-order valence-corrected chi connectivity index (χ3v) is 8.69. The monoisotopic (exact) mass is 641 g/mol. The molecule has 1 aliphatic heterocycles. The van der Waals surface area contributed by atoms with Crippen molar-refractivity contribution in [3.05, 3.63) is 166 Å². The molecule has 1 aliphatic rings. The van der Waals surface area contributed by atoms with Gasteiger partial charge in [0, 0.05) is 30.1 Å². The second-order valence-corrected chi connectivity index (χ2v) is 12.4. The number of nitrogens with one attached hydrogen (secondary N) is 1. The summed E-state index contributed by atoms with van der Waals surface area (Å²) in [5.74, 6) is 1.02. The van der Waals surface area contributed by atoms with Crippen LogP contribution in [0.15, 0.2) is 142 Å². The molecule has 0 amide bonds. The van der Waals surface area contributed by atoms with Crippen LogP contribution in [-0.4, -0.2) is 24.9 Å². The van der Waals surface area contributed by atoms with E-state index in [0.29, 0.717) is 18.2 Å². The highest BCUT2D eigenvalue weighted by Crippen LogP contribution is 2.31. The van der Waals surface area contributed by atoms with Crippen molar-refractivity contribution < 1.29 is 0 Å². The Bertz CT molecular complexity index is 2090. The van der Waals surface area contributed by atoms with Crippen LogP contribution < -0.4 is 11.1 Å². The summed E-state index contributed by atoms with van der Waals surface area (Å²) in [6.07, 6.45) is 8.30. The standard InChI is InChI=1S/C44H43N5/c1-5-41(46-4)35-19-15-33(16-20-35)38-26-39(34-17-21-36(22-18-34)42-14-6-7-23-47-42)28-40(27-38)44(48-29-32-12-8-10-30(2)24-32)49-43(45)37-13-9-11-31(3)25-37/h5,8-28,46H,6-7,29H2,1-4H3,(H2,45,48,49)/b41-5-. The molecule has 5 aromatic carbocycles. The SMILES string of the molecule is C/C=C(\NC)c1ccc(-c2cc(C(N=C(N)c3cccc(C)c3)=NCc3cccc(C)c3)cc(-c3ccc(C4=CCCC=N4)cc3)c2)cc1. The molecular formula is C44H43N5. The molecule has 5 aromatic rings. The first kappa shape index (κ1) is 33.1. The van der Waals surface area contributed by atoms with Gasteiger partial charge in [0.25, 0.3) is 0 Å². The van der Waals surface area contributed by atoms with Crippen molar-refractivity contribution in [3.8, 4) is 22.3 Å². The molecule has 0 saturated heterocycles. The molecule has 0 unspecified atom stereocenters. The van der Waals surface area contributed by atoms with Gasteiger partial charge in [0.05, 0.1) is 12.2 Å². The normalized spacial score (nSPS) is 13.7. The number of aryl methyl sites for hydroxylation is 2. The molecule has 0 radical (unpaired) electrons. The number of amidine groups is 2. The summed E-state index contributed by atoms with van der Waals surface area (Å²) >= 11 is 0. The average Bonchev–Trinajstić information content (AvgIpc) is 3.14. The molecule has 5 heteroatoms. The molecule has 3 N–H and O–H groups in total. The van der Waals surface area contributed by atoms with E-state index in [4.69, 9.17) is 15.7 Å². The first-order chi connectivity index (χ1) is 23.9. The van der Waals surface area contributed by atoms with Gasteiger partial charge < -0.3 is 11.1 Å². The minimum Gasteiger partial charge on any atom is -0.388 e. The molecule has 5 nitrogen and oxygen atoms in total. The van der Waals surface area contributed by atoms with Crippen LogP contribution >= 0.6 is 0 Å². The second-order valence-electron chi connectivity index (χ2n) is 12.4. The van der Waals surface area contributed by atoms with E-state index in [0.717, 1.165) is 79.9 Å². The number of rotatable bonds is 9. The number of hydrogen-bond donors (Lipinski definition) is 2. The van der Waals surface area contributed by atoms with E-state index >= 15 is 0 Å². The molecule has 49 heavy (non-hydrogen) atoms. The first-order valence-electron chi connectivity index (χ1n) is 16.8. The van der Waals surface area contributed by atoms with Crippen LogP contribution in [0.3, 0.4) is 0 Å². The van der Waals surface area contributed by atoms with Gasteiger partial charge in [0.2, 0.25) is 0 Å². The Morgan fingerprint density at radius 1 is 0.714 bits per heavy atom. The zero-order valence-corrected chi connectivity index (χ0v) is 28.7. The van der Waals surface area contributed by atoms with Gasteiger partial charge in [-0.25, -0.2) is 4.99 Å². The van der Waals surface area contributed by atoms with Crippen molar-refractivity contribution in [2.75, 3.05) is 7.05 Å². The van der Waals surface area contributed by atoms with Gasteiger partial charge in [-0.2, -0.15) is 0 Å². The minimum atomic E-state index is 0.430. The Morgan fingerprint density at radius 2 is 1.37 bits per heavy atom. The molecule has 0 fully saturated rings. The van der Waals surface area contributed by atoms with Gasteiger partial charge in [0.1, 0.15) is 5.84 Å². The summed E-state index contributed by atoms with van der Waals surface area (Å²) < 4.78 is 0. The summed E-state index contributed by atoms with van der Waals surface area (Å²) in [6, 6.07) is 40.4. The van der Waals surface area contributed by atoms with E-state index in [2.05, 4.69) is 139 Å². The smallest absolute Gasteiger partial charge is 0.157 e. The first-order valence-corrected chi connectivity index (χ1v) is 16.8. The quantitative estimate of drug-likeness (QED) is 0.124. The van der Waals surface area contributed by atoms with Gasteiger partial charge in [-0.1, -0.05) is 114 Å². The van der Waals surface area contributed by atoms with Crippen LogP contribution in [0.4, 0.5) is 0 Å². The van der Waals surface area contributed by atoms with E-state index in [1.807, 2.05) is 32.3 Å². The van der Waals surface area contributed by atoms with E-state index in [-0.39, 0.29) is 0 Å². The predicted molar refractivity (Wildman–Crippen MR) is 209 cm³/mol. The van der Waals surface area contributed by atoms with Crippen LogP contribution in [0.2, 0.25) is 0 Å². The summed E-state index contributed by atoms with van der Waals surface area (Å²) in [7, 11) is 1.95. The maximum atomic E-state index is 6.69. The fraction of sp³-hybridized carbons (Fsp3) is 0.159. The summed E-state index contributed by atoms with van der Waals surface area (Å²) in [5, 5.41) is 3.28. The maximum Gasteiger partial charge on any atom is 0.157 e. The Labute approximate surface area is 290 Å². The maximum absolute atomic E-state index is 6.69. The van der Waals surface area contributed by atoms with Crippen LogP contribution in [-0.2, 0) is 6.54 Å². The fourth-order valence-corrected chi connectivity index (χ4v) is 6.07. The molecule has 0 aromatic heterocycles. The molecule has 0 aliphatic carbocycles. The van der Waals surface area contributed by atoms with Crippen LogP contribution in [0.5, 0.6) is 0 Å². The number of allylic oxidation sites excluding steroid dienone is 2. The molecule has 0 saturated carbocycles. The topological polar surface area (TPSA) is 75.1 Å². The number of hydrogen-bond acceptors (Lipinski definition) is 3. The molecular weight excluding hydrogens is 599 g/mol. The molecule has 244 valence electrons. The minimum absolute atomic E-state index is 0.430. The third kappa shape index (κ3) is 8.20. The van der Waals surface area contributed by atoms with Crippen LogP contribution in [0.1, 0.15) is 58.7 Å². The molecule has 0 spiro atoms. The number of benzene rings is 5. The second kappa shape index (κ2) is 15.4. The van der Waals surface area contributed by atoms with Crippen molar-refractivity contribution in [2.24, 2.45) is 20.7 Å². The average molecular weight is 642 g/mol. The predicted octanol–water partition coefficient (Wildman–Crippen LogP) is 9.78. The summed E-state index contributed by atoms with van der Waals surface area (Å²) in [5.41, 5.74) is 20.6. The van der Waals surface area contributed by atoms with Crippen molar-refractivity contribution in [3.63, 3.8) is 0 Å². The highest BCUT2D eigenvalue weighted by atomic mass is 15.0. The fourth-order valence-electron chi connectivity index (χ4n) is 6.07. The molecule has 0 bridgehead atoms. The van der Waals surface area contributed by atoms with E-state index < -0.39 is 0 Å². The summed E-state index contributed by atoms with van der Waals surface area (Å²) in [6.45, 7) is 6.68. The molecule has 1 heterocycles. The lowest BCUT2D eigenvalue weighted by Crippen LogP contribution is -2.16. The van der Waals surface area contributed by atoms with Crippen molar-refractivity contribution in [1.29, 1.82) is 0 Å². The molecule has 6 rings (SSSR count). The Morgan fingerprint density at radius 3 is 1.98 bits per heavy atom. The zero-order chi connectivity index (χ0) is 34.2. The third-order valence-electron chi connectivity index (χ3n) is 8.69. The van der Waals surface area contributed by atoms with Gasteiger partial charge >= 0.3 is 0 Å². The van der Waals surface area contributed by atoms with Crippen molar-refractivity contribution >= 4 is 29.3 Å². The number of aliphatic imine (C=N–C) groups is 3. The van der Waals surface area contributed by atoms with Crippen molar-refractivity contribution in [2.45, 2.75) is 40.2 Å².